The number of nitrogens with one attached hydrogen (secondary N) is 1. The Labute approximate surface area is 165 Å². The van der Waals surface area contributed by atoms with E-state index in [1.165, 1.54) is 0 Å². The quantitative estimate of drug-likeness (QED) is 0.828. The van der Waals surface area contributed by atoms with Gasteiger partial charge in [-0.1, -0.05) is 12.1 Å². The molecule has 1 aliphatic carbocycles. The number of ether oxygens (including phenoxy) is 1. The molecule has 2 atom stereocenters. The van der Waals surface area contributed by atoms with Crippen LogP contribution < -0.4 is 5.32 Å². The molecule has 152 valence electrons. The minimum Gasteiger partial charge on any atom is -0.508 e. The fraction of sp³-hybridized carbons (Fsp3) is 0.619. The standard InChI is InChI=1S/C21H29N3O4/c1-20(2,3)28-19(27)22-21(8-9-21)18(26)24-13-15-10-16(24)12-23(15)11-14-4-6-17(25)7-5-14/h4-7,15-16,25H,8-13H2,1-3H3,(H,22,27). The molecule has 0 radical (unpaired) electrons. The highest BCUT2D eigenvalue weighted by Gasteiger charge is 2.57. The van der Waals surface area contributed by atoms with Crippen molar-refractivity contribution in [2.45, 2.75) is 69.8 Å². The van der Waals surface area contributed by atoms with Crippen molar-refractivity contribution in [1.82, 2.24) is 15.1 Å². The molecule has 2 heterocycles. The van der Waals surface area contributed by atoms with Crippen molar-refractivity contribution < 1.29 is 19.4 Å². The molecule has 3 aliphatic rings. The molecular formula is C21H29N3O4. The number of hydrogen-bond donors (Lipinski definition) is 2. The lowest BCUT2D eigenvalue weighted by Crippen LogP contribution is -2.56. The van der Waals surface area contributed by atoms with Crippen molar-refractivity contribution >= 4 is 12.0 Å². The van der Waals surface area contributed by atoms with Crippen LogP contribution in [0.4, 0.5) is 4.79 Å². The topological polar surface area (TPSA) is 82.1 Å². The largest absolute Gasteiger partial charge is 0.508 e. The summed E-state index contributed by atoms with van der Waals surface area (Å²) in [4.78, 5) is 29.6. The summed E-state index contributed by atoms with van der Waals surface area (Å²) >= 11 is 0. The average molecular weight is 387 g/mol. The molecule has 0 spiro atoms. The van der Waals surface area contributed by atoms with Crippen molar-refractivity contribution in [1.29, 1.82) is 0 Å². The lowest BCUT2D eigenvalue weighted by Gasteiger charge is -2.36. The molecule has 3 fully saturated rings. The van der Waals surface area contributed by atoms with E-state index in [1.54, 1.807) is 12.1 Å². The van der Waals surface area contributed by atoms with Gasteiger partial charge in [0.1, 0.15) is 16.9 Å². The van der Waals surface area contributed by atoms with Crippen molar-refractivity contribution in [3.05, 3.63) is 29.8 Å². The van der Waals surface area contributed by atoms with Gasteiger partial charge < -0.3 is 20.1 Å². The molecule has 1 aromatic carbocycles. The third kappa shape index (κ3) is 3.81. The smallest absolute Gasteiger partial charge is 0.408 e. The van der Waals surface area contributed by atoms with Crippen LogP contribution in [0.5, 0.6) is 5.75 Å². The molecule has 1 aromatic rings. The first-order valence-corrected chi connectivity index (χ1v) is 9.99. The summed E-state index contributed by atoms with van der Waals surface area (Å²) in [6, 6.07) is 7.84. The van der Waals surface area contributed by atoms with Gasteiger partial charge in [0.2, 0.25) is 5.91 Å². The van der Waals surface area contributed by atoms with Gasteiger partial charge >= 0.3 is 6.09 Å². The van der Waals surface area contributed by atoms with Crippen LogP contribution in [-0.2, 0) is 16.1 Å². The van der Waals surface area contributed by atoms with Gasteiger partial charge in [-0.15, -0.1) is 0 Å². The summed E-state index contributed by atoms with van der Waals surface area (Å²) < 4.78 is 5.33. The van der Waals surface area contributed by atoms with Crippen LogP contribution in [0.2, 0.25) is 0 Å². The molecule has 2 saturated heterocycles. The zero-order valence-corrected chi connectivity index (χ0v) is 16.8. The molecule has 0 aromatic heterocycles. The van der Waals surface area contributed by atoms with Crippen LogP contribution in [-0.4, -0.2) is 63.2 Å². The number of amides is 2. The predicted octanol–water partition coefficient (Wildman–Crippen LogP) is 2.23. The van der Waals surface area contributed by atoms with Crippen LogP contribution in [0.1, 0.15) is 45.6 Å². The summed E-state index contributed by atoms with van der Waals surface area (Å²) in [6.45, 7) is 7.83. The Hall–Kier alpha value is -2.28. The number of fused-ring (bicyclic) bond motifs is 2. The Morgan fingerprint density at radius 2 is 1.86 bits per heavy atom. The maximum absolute atomic E-state index is 13.1. The fourth-order valence-corrected chi connectivity index (χ4v) is 4.32. The lowest BCUT2D eigenvalue weighted by molar-refractivity contribution is -0.137. The summed E-state index contributed by atoms with van der Waals surface area (Å²) in [5.41, 5.74) is -0.187. The Balaban J connectivity index is 1.34. The summed E-state index contributed by atoms with van der Waals surface area (Å²) in [5, 5.41) is 12.3. The first-order chi connectivity index (χ1) is 13.2. The molecule has 1 saturated carbocycles. The van der Waals surface area contributed by atoms with Crippen LogP contribution in [0.3, 0.4) is 0 Å². The van der Waals surface area contributed by atoms with Crippen molar-refractivity contribution in [3.8, 4) is 5.75 Å². The number of phenolic OH excluding ortho intramolecular Hbond substituents is 1. The third-order valence-corrected chi connectivity index (χ3v) is 5.84. The number of likely N-dealkylation sites (tertiary alicyclic amines) is 2. The predicted molar refractivity (Wildman–Crippen MR) is 104 cm³/mol. The molecule has 4 rings (SSSR count). The number of aromatic hydroxyl groups is 1. The highest BCUT2D eigenvalue weighted by atomic mass is 16.6. The van der Waals surface area contributed by atoms with Gasteiger partial charge in [0.25, 0.3) is 0 Å². The van der Waals surface area contributed by atoms with Gasteiger partial charge in [-0.25, -0.2) is 4.79 Å². The second kappa shape index (κ2) is 6.65. The van der Waals surface area contributed by atoms with Crippen LogP contribution in [0.15, 0.2) is 24.3 Å². The Morgan fingerprint density at radius 1 is 1.18 bits per heavy atom. The molecule has 7 nitrogen and oxygen atoms in total. The van der Waals surface area contributed by atoms with E-state index in [2.05, 4.69) is 10.2 Å². The second-order valence-electron chi connectivity index (χ2n) is 9.31. The Morgan fingerprint density at radius 3 is 2.39 bits per heavy atom. The lowest BCUT2D eigenvalue weighted by atomic mass is 10.1. The van der Waals surface area contributed by atoms with Gasteiger partial charge in [0.15, 0.2) is 0 Å². The van der Waals surface area contributed by atoms with Crippen LogP contribution >= 0.6 is 0 Å². The van der Waals surface area contributed by atoms with E-state index < -0.39 is 17.2 Å². The molecule has 2 amide bonds. The normalized spacial score (nSPS) is 25.6. The van der Waals surface area contributed by atoms with E-state index in [0.717, 1.165) is 25.1 Å². The number of piperazine rings is 1. The highest BCUT2D eigenvalue weighted by Crippen LogP contribution is 2.41. The Kier molecular flexibility index (Phi) is 4.53. The number of rotatable bonds is 4. The third-order valence-electron chi connectivity index (χ3n) is 5.84. The number of carbonyl (C=O) groups is 2. The molecule has 2 unspecified atom stereocenters. The molecule has 7 heteroatoms. The van der Waals surface area contributed by atoms with E-state index in [9.17, 15) is 14.7 Å². The summed E-state index contributed by atoms with van der Waals surface area (Å²) in [7, 11) is 0. The first kappa shape index (κ1) is 19.1. The number of carbonyl (C=O) groups excluding carboxylic acids is 2. The van der Waals surface area contributed by atoms with Crippen molar-refractivity contribution in [3.63, 3.8) is 0 Å². The zero-order valence-electron chi connectivity index (χ0n) is 16.8. The van der Waals surface area contributed by atoms with E-state index in [1.807, 2.05) is 37.8 Å². The van der Waals surface area contributed by atoms with Crippen LogP contribution in [0.25, 0.3) is 0 Å². The highest BCUT2D eigenvalue weighted by molar-refractivity contribution is 5.93. The van der Waals surface area contributed by atoms with Gasteiger partial charge in [-0.05, 0) is 57.7 Å². The average Bonchev–Trinajstić information content (AvgIpc) is 3.10. The number of benzene rings is 1. The number of nitrogens with zero attached hydrogens (tertiary/aromatic N) is 2. The van der Waals surface area contributed by atoms with E-state index >= 15 is 0 Å². The van der Waals surface area contributed by atoms with E-state index in [0.29, 0.717) is 25.4 Å². The van der Waals surface area contributed by atoms with Gasteiger partial charge in [0.05, 0.1) is 0 Å². The number of alkyl carbamates (subject to hydrolysis) is 1. The maximum atomic E-state index is 13.1. The summed E-state index contributed by atoms with van der Waals surface area (Å²) in [5.74, 6) is 0.311. The molecular weight excluding hydrogens is 358 g/mol. The van der Waals surface area contributed by atoms with E-state index in [-0.39, 0.29) is 17.7 Å². The fourth-order valence-electron chi connectivity index (χ4n) is 4.32. The minimum absolute atomic E-state index is 0.0372. The molecule has 2 bridgehead atoms. The van der Waals surface area contributed by atoms with Crippen molar-refractivity contribution in [2.75, 3.05) is 13.1 Å². The van der Waals surface area contributed by atoms with E-state index in [4.69, 9.17) is 4.74 Å². The number of hydrogen-bond acceptors (Lipinski definition) is 5. The molecule has 2 N–H and O–H groups in total. The zero-order chi connectivity index (χ0) is 20.1. The maximum Gasteiger partial charge on any atom is 0.408 e. The second-order valence-corrected chi connectivity index (χ2v) is 9.31. The molecule has 2 aliphatic heterocycles. The molecule has 28 heavy (non-hydrogen) atoms. The SMILES string of the molecule is CC(C)(C)OC(=O)NC1(C(=O)N2CC3CC2CN3Cc2ccc(O)cc2)CC1. The summed E-state index contributed by atoms with van der Waals surface area (Å²) in [6.07, 6.45) is 1.82. The first-order valence-electron chi connectivity index (χ1n) is 9.99. The van der Waals surface area contributed by atoms with Crippen molar-refractivity contribution in [2.24, 2.45) is 0 Å². The number of phenols is 1. The monoisotopic (exact) mass is 387 g/mol. The minimum atomic E-state index is -0.769. The Bertz CT molecular complexity index is 767. The van der Waals surface area contributed by atoms with Gasteiger partial charge in [-0.3, -0.25) is 9.69 Å². The van der Waals surface area contributed by atoms with Crippen LogP contribution in [0, 0.1) is 0 Å². The van der Waals surface area contributed by atoms with Gasteiger partial charge in [-0.2, -0.15) is 0 Å². The van der Waals surface area contributed by atoms with Gasteiger partial charge in [0, 0.05) is 31.7 Å².